The van der Waals surface area contributed by atoms with Gasteiger partial charge in [-0.2, -0.15) is 0 Å². The molecule has 0 bridgehead atoms. The number of hydrogen-bond acceptors (Lipinski definition) is 6. The number of nitrogens with zero attached hydrogens (tertiary/aromatic N) is 1. The Morgan fingerprint density at radius 3 is 2.60 bits per heavy atom. The predicted molar refractivity (Wildman–Crippen MR) is 97.7 cm³/mol. The van der Waals surface area contributed by atoms with E-state index in [-0.39, 0.29) is 23.2 Å². The first-order chi connectivity index (χ1) is 11.7. The number of fused-ring (bicyclic) bond motifs is 1. The van der Waals surface area contributed by atoms with Crippen molar-refractivity contribution >= 4 is 41.5 Å². The van der Waals surface area contributed by atoms with E-state index < -0.39 is 32.0 Å². The van der Waals surface area contributed by atoms with Crippen LogP contribution < -0.4 is 4.72 Å². The van der Waals surface area contributed by atoms with Gasteiger partial charge in [0.2, 0.25) is 20.0 Å². The Balaban J connectivity index is 1.79. The van der Waals surface area contributed by atoms with Crippen molar-refractivity contribution < 1.29 is 21.6 Å². The summed E-state index contributed by atoms with van der Waals surface area (Å²) < 4.78 is 59.7. The molecule has 1 aromatic carbocycles. The third-order valence-corrected chi connectivity index (χ3v) is 9.20. The fourth-order valence-electron chi connectivity index (χ4n) is 2.66. The second-order valence-electron chi connectivity index (χ2n) is 6.19. The highest BCUT2D eigenvalue weighted by Gasteiger charge is 2.36. The number of thiophene rings is 1. The van der Waals surface area contributed by atoms with Gasteiger partial charge < -0.3 is 4.74 Å². The minimum Gasteiger partial charge on any atom is -0.379 e. The van der Waals surface area contributed by atoms with E-state index in [1.54, 1.807) is 6.07 Å². The van der Waals surface area contributed by atoms with Crippen LogP contribution in [0.4, 0.5) is 0 Å². The molecule has 0 saturated carbocycles. The van der Waals surface area contributed by atoms with Gasteiger partial charge in [-0.15, -0.1) is 11.3 Å². The Kier molecular flexibility index (Phi) is 5.20. The molecule has 1 fully saturated rings. The molecule has 7 nitrogen and oxygen atoms in total. The summed E-state index contributed by atoms with van der Waals surface area (Å²) in [5.74, 6) is -0.573. The summed E-state index contributed by atoms with van der Waals surface area (Å²) >= 11 is 1.19. The van der Waals surface area contributed by atoms with Gasteiger partial charge in [0.15, 0.2) is 0 Å². The lowest BCUT2D eigenvalue weighted by molar-refractivity contribution is 0.185. The third kappa shape index (κ3) is 4.04. The molecule has 0 aliphatic carbocycles. The summed E-state index contributed by atoms with van der Waals surface area (Å²) in [4.78, 5) is 0. The third-order valence-electron chi connectivity index (χ3n) is 4.15. The van der Waals surface area contributed by atoms with Crippen LogP contribution in [0.25, 0.3) is 10.1 Å². The van der Waals surface area contributed by atoms with Crippen molar-refractivity contribution in [3.05, 3.63) is 30.3 Å². The van der Waals surface area contributed by atoms with Crippen LogP contribution >= 0.6 is 11.3 Å². The minimum absolute atomic E-state index is 0.153. The number of rotatable bonds is 6. The molecule has 0 radical (unpaired) electrons. The molecule has 25 heavy (non-hydrogen) atoms. The minimum atomic E-state index is -3.73. The van der Waals surface area contributed by atoms with Crippen molar-refractivity contribution in [3.8, 4) is 0 Å². The van der Waals surface area contributed by atoms with E-state index in [1.807, 2.05) is 24.3 Å². The second-order valence-corrected chi connectivity index (χ2v) is 11.4. The Bertz CT molecular complexity index is 933. The summed E-state index contributed by atoms with van der Waals surface area (Å²) in [6, 6.07) is 8.50. The van der Waals surface area contributed by atoms with Crippen LogP contribution in [-0.4, -0.2) is 60.2 Å². The Hall–Kier alpha value is -1.04. The number of ether oxygens (including phenoxy) is 1. The monoisotopic (exact) mass is 404 g/mol. The topological polar surface area (TPSA) is 92.8 Å². The van der Waals surface area contributed by atoms with Crippen molar-refractivity contribution in [2.75, 3.05) is 33.1 Å². The Labute approximate surface area is 151 Å². The standard InChI is InChI=1S/C15H20N2O5S3/c1-17(2)24(18,19)10-12-8-22-9-13(12)16-25(20,21)15-7-11-5-3-4-6-14(11)23-15/h3-7,12-13,16H,8-10H2,1-2H3/t12-,13-/m0/s1. The lowest BCUT2D eigenvalue weighted by atomic mass is 10.1. The van der Waals surface area contributed by atoms with Crippen LogP contribution in [0, 0.1) is 5.92 Å². The van der Waals surface area contributed by atoms with E-state index in [9.17, 15) is 16.8 Å². The molecular weight excluding hydrogens is 384 g/mol. The molecule has 0 spiro atoms. The Morgan fingerprint density at radius 1 is 1.20 bits per heavy atom. The fourth-order valence-corrected chi connectivity index (χ4v) is 6.53. The van der Waals surface area contributed by atoms with Crippen molar-refractivity contribution in [2.24, 2.45) is 5.92 Å². The maximum absolute atomic E-state index is 12.7. The van der Waals surface area contributed by atoms with Gasteiger partial charge >= 0.3 is 0 Å². The molecule has 2 atom stereocenters. The van der Waals surface area contributed by atoms with E-state index in [0.717, 1.165) is 14.4 Å². The maximum atomic E-state index is 12.7. The molecule has 3 rings (SSSR count). The molecule has 138 valence electrons. The average Bonchev–Trinajstić information content (AvgIpc) is 3.13. The SMILES string of the molecule is CN(C)S(=O)(=O)C[C@@H]1COC[C@@H]1NS(=O)(=O)c1cc2ccccc2s1. The van der Waals surface area contributed by atoms with Gasteiger partial charge in [0.1, 0.15) is 4.21 Å². The average molecular weight is 405 g/mol. The molecule has 1 aliphatic heterocycles. The highest BCUT2D eigenvalue weighted by atomic mass is 32.2. The molecule has 0 amide bonds. The zero-order valence-electron chi connectivity index (χ0n) is 13.9. The van der Waals surface area contributed by atoms with Crippen LogP contribution in [0.2, 0.25) is 0 Å². The zero-order chi connectivity index (χ0) is 18.2. The van der Waals surface area contributed by atoms with Gasteiger partial charge in [-0.25, -0.2) is 25.9 Å². The highest BCUT2D eigenvalue weighted by molar-refractivity contribution is 7.91. The van der Waals surface area contributed by atoms with Crippen molar-refractivity contribution in [1.82, 2.24) is 9.03 Å². The molecule has 1 aliphatic rings. The van der Waals surface area contributed by atoms with Crippen LogP contribution in [0.1, 0.15) is 0 Å². The highest BCUT2D eigenvalue weighted by Crippen LogP contribution is 2.29. The quantitative estimate of drug-likeness (QED) is 0.778. The van der Waals surface area contributed by atoms with Crippen molar-refractivity contribution in [3.63, 3.8) is 0 Å². The second kappa shape index (κ2) is 6.93. The van der Waals surface area contributed by atoms with E-state index in [4.69, 9.17) is 4.74 Å². The number of hydrogen-bond donors (Lipinski definition) is 1. The lowest BCUT2D eigenvalue weighted by Gasteiger charge is -2.20. The Morgan fingerprint density at radius 2 is 1.92 bits per heavy atom. The first kappa shape index (κ1) is 18.7. The van der Waals surface area contributed by atoms with Crippen LogP contribution in [0.15, 0.2) is 34.5 Å². The summed E-state index contributed by atoms with van der Waals surface area (Å²) in [7, 11) is -4.25. The van der Waals surface area contributed by atoms with E-state index in [2.05, 4.69) is 4.72 Å². The molecule has 1 aromatic heterocycles. The number of benzene rings is 1. The summed E-state index contributed by atoms with van der Waals surface area (Å²) in [6.07, 6.45) is 0. The summed E-state index contributed by atoms with van der Waals surface area (Å²) in [5, 5.41) is 0.863. The molecule has 0 unspecified atom stereocenters. The summed E-state index contributed by atoms with van der Waals surface area (Å²) in [5.41, 5.74) is 0. The van der Waals surface area contributed by atoms with E-state index in [1.165, 1.54) is 25.4 Å². The van der Waals surface area contributed by atoms with Crippen LogP contribution in [0.5, 0.6) is 0 Å². The van der Waals surface area contributed by atoms with Gasteiger partial charge in [0.05, 0.1) is 25.0 Å². The molecule has 2 aromatic rings. The normalized spacial score (nSPS) is 22.0. The van der Waals surface area contributed by atoms with E-state index >= 15 is 0 Å². The van der Waals surface area contributed by atoms with Crippen molar-refractivity contribution in [2.45, 2.75) is 10.3 Å². The molecule has 2 heterocycles. The molecule has 1 N–H and O–H groups in total. The van der Waals surface area contributed by atoms with Gasteiger partial charge in [0.25, 0.3) is 0 Å². The fraction of sp³-hybridized carbons (Fsp3) is 0.467. The first-order valence-corrected chi connectivity index (χ1v) is 11.6. The maximum Gasteiger partial charge on any atom is 0.250 e. The smallest absolute Gasteiger partial charge is 0.250 e. The van der Waals surface area contributed by atoms with Crippen LogP contribution in [0.3, 0.4) is 0 Å². The number of sulfonamides is 2. The van der Waals surface area contributed by atoms with Crippen LogP contribution in [-0.2, 0) is 24.8 Å². The van der Waals surface area contributed by atoms with Gasteiger partial charge in [-0.3, -0.25) is 0 Å². The van der Waals surface area contributed by atoms with E-state index in [0.29, 0.717) is 0 Å². The summed E-state index contributed by atoms with van der Waals surface area (Å²) in [6.45, 7) is 0.379. The first-order valence-electron chi connectivity index (χ1n) is 7.68. The number of nitrogens with one attached hydrogen (secondary N) is 1. The van der Waals surface area contributed by atoms with Crippen molar-refractivity contribution in [1.29, 1.82) is 0 Å². The van der Waals surface area contributed by atoms with Gasteiger partial charge in [-0.05, 0) is 17.5 Å². The molecule has 10 heteroatoms. The largest absolute Gasteiger partial charge is 0.379 e. The molecular formula is C15H20N2O5S3. The molecule has 1 saturated heterocycles. The predicted octanol–water partition coefficient (Wildman–Crippen LogP) is 1.09. The lowest BCUT2D eigenvalue weighted by Crippen LogP contribution is -2.43. The zero-order valence-corrected chi connectivity index (χ0v) is 16.3. The van der Waals surface area contributed by atoms with Gasteiger partial charge in [-0.1, -0.05) is 18.2 Å². The van der Waals surface area contributed by atoms with Gasteiger partial charge in [0, 0.05) is 24.7 Å².